The van der Waals surface area contributed by atoms with E-state index in [0.717, 1.165) is 39.8 Å². The first-order valence-electron chi connectivity index (χ1n) is 6.40. The molecule has 0 amide bonds. The fourth-order valence-electron chi connectivity index (χ4n) is 2.44. The maximum atomic E-state index is 9.91. The van der Waals surface area contributed by atoms with E-state index in [2.05, 4.69) is 0 Å². The molecule has 1 aliphatic carbocycles. The highest BCUT2D eigenvalue weighted by Gasteiger charge is 2.18. The summed E-state index contributed by atoms with van der Waals surface area (Å²) < 4.78 is 6.56. The van der Waals surface area contributed by atoms with Crippen LogP contribution in [0.2, 0.25) is 4.34 Å². The Kier molecular flexibility index (Phi) is 3.78. The number of benzene rings is 1. The molecule has 1 unspecified atom stereocenters. The second kappa shape index (κ2) is 5.53. The third-order valence-corrected chi connectivity index (χ3v) is 4.61. The minimum atomic E-state index is -0.311. The lowest BCUT2D eigenvalue weighted by Crippen LogP contribution is -2.09. The molecule has 2 aromatic rings. The van der Waals surface area contributed by atoms with Crippen molar-refractivity contribution in [3.05, 3.63) is 50.7 Å². The molecule has 4 heteroatoms. The van der Waals surface area contributed by atoms with Gasteiger partial charge in [0.15, 0.2) is 0 Å². The Balaban J connectivity index is 1.72. The van der Waals surface area contributed by atoms with Crippen molar-refractivity contribution in [1.29, 1.82) is 0 Å². The van der Waals surface area contributed by atoms with Crippen molar-refractivity contribution in [2.24, 2.45) is 0 Å². The van der Waals surface area contributed by atoms with Gasteiger partial charge in [0.2, 0.25) is 0 Å². The summed E-state index contributed by atoms with van der Waals surface area (Å²) >= 11 is 7.42. The summed E-state index contributed by atoms with van der Waals surface area (Å²) in [5, 5.41) is 9.91. The lowest BCUT2D eigenvalue weighted by molar-refractivity contribution is 0.156. The van der Waals surface area contributed by atoms with Gasteiger partial charge < -0.3 is 9.84 Å². The second-order valence-corrected chi connectivity index (χ2v) is 6.56. The number of thiophene rings is 1. The molecule has 19 heavy (non-hydrogen) atoms. The molecule has 1 aliphatic rings. The largest absolute Gasteiger partial charge is 0.488 e. The Morgan fingerprint density at radius 1 is 1.32 bits per heavy atom. The fraction of sp³-hybridized carbons (Fsp3) is 0.333. The Morgan fingerprint density at radius 3 is 3.00 bits per heavy atom. The molecule has 2 nitrogen and oxygen atoms in total. The fourth-order valence-corrected chi connectivity index (χ4v) is 3.44. The molecular formula is C15H15ClO2S. The number of halogens is 1. The maximum absolute atomic E-state index is 9.91. The number of aliphatic hydroxyl groups is 1. The molecule has 0 bridgehead atoms. The SMILES string of the molecule is OC1CCCc2cc(OCc3ccc(Cl)s3)ccc21. The quantitative estimate of drug-likeness (QED) is 0.912. The molecule has 1 aromatic carbocycles. The van der Waals surface area contributed by atoms with Gasteiger partial charge in [0.1, 0.15) is 12.4 Å². The van der Waals surface area contributed by atoms with Crippen LogP contribution in [0.15, 0.2) is 30.3 Å². The third-order valence-electron chi connectivity index (χ3n) is 3.41. The summed E-state index contributed by atoms with van der Waals surface area (Å²) in [6.45, 7) is 0.540. The Labute approximate surface area is 121 Å². The van der Waals surface area contributed by atoms with E-state index in [1.807, 2.05) is 30.3 Å². The molecule has 3 rings (SSSR count). The van der Waals surface area contributed by atoms with Gasteiger partial charge in [-0.2, -0.15) is 0 Å². The van der Waals surface area contributed by atoms with E-state index < -0.39 is 0 Å². The molecule has 1 N–H and O–H groups in total. The van der Waals surface area contributed by atoms with Crippen LogP contribution in [0.25, 0.3) is 0 Å². The standard InChI is InChI=1S/C15H15ClO2S/c16-15-7-5-12(19-15)9-18-11-4-6-13-10(8-11)2-1-3-14(13)17/h4-8,14,17H,1-3,9H2. The normalized spacial score (nSPS) is 18.1. The highest BCUT2D eigenvalue weighted by atomic mass is 35.5. The minimum Gasteiger partial charge on any atom is -0.488 e. The average molecular weight is 295 g/mol. The Morgan fingerprint density at radius 2 is 2.21 bits per heavy atom. The van der Waals surface area contributed by atoms with Gasteiger partial charge in [-0.25, -0.2) is 0 Å². The summed E-state index contributed by atoms with van der Waals surface area (Å²) in [6.07, 6.45) is 2.61. The predicted molar refractivity (Wildman–Crippen MR) is 78.0 cm³/mol. The average Bonchev–Trinajstić information content (AvgIpc) is 2.82. The van der Waals surface area contributed by atoms with Gasteiger partial charge in [0.05, 0.1) is 10.4 Å². The maximum Gasteiger partial charge on any atom is 0.122 e. The van der Waals surface area contributed by atoms with Gasteiger partial charge in [-0.1, -0.05) is 17.7 Å². The number of fused-ring (bicyclic) bond motifs is 1. The van der Waals surface area contributed by atoms with Gasteiger partial charge in [-0.05, 0) is 54.7 Å². The summed E-state index contributed by atoms with van der Waals surface area (Å²) in [6, 6.07) is 9.83. The van der Waals surface area contributed by atoms with Crippen molar-refractivity contribution in [3.63, 3.8) is 0 Å². The molecule has 1 heterocycles. The van der Waals surface area contributed by atoms with E-state index in [-0.39, 0.29) is 6.10 Å². The van der Waals surface area contributed by atoms with Crippen LogP contribution in [0.5, 0.6) is 5.75 Å². The van der Waals surface area contributed by atoms with Crippen molar-refractivity contribution in [3.8, 4) is 5.75 Å². The zero-order valence-electron chi connectivity index (χ0n) is 10.4. The second-order valence-electron chi connectivity index (χ2n) is 4.76. The molecule has 0 saturated carbocycles. The van der Waals surface area contributed by atoms with E-state index in [0.29, 0.717) is 6.61 Å². The molecule has 0 radical (unpaired) electrons. The van der Waals surface area contributed by atoms with Gasteiger partial charge >= 0.3 is 0 Å². The van der Waals surface area contributed by atoms with Crippen LogP contribution in [0.4, 0.5) is 0 Å². The number of aryl methyl sites for hydroxylation is 1. The Hall–Kier alpha value is -1.03. The summed E-state index contributed by atoms with van der Waals surface area (Å²) in [4.78, 5) is 1.11. The van der Waals surface area contributed by atoms with E-state index in [1.165, 1.54) is 16.9 Å². The summed E-state index contributed by atoms with van der Waals surface area (Å²) in [5.41, 5.74) is 2.26. The number of hydrogen-bond donors (Lipinski definition) is 1. The molecule has 0 fully saturated rings. The van der Waals surface area contributed by atoms with Crippen molar-refractivity contribution in [2.75, 3.05) is 0 Å². The first-order valence-corrected chi connectivity index (χ1v) is 7.60. The monoisotopic (exact) mass is 294 g/mol. The highest BCUT2D eigenvalue weighted by molar-refractivity contribution is 7.16. The molecule has 0 spiro atoms. The van der Waals surface area contributed by atoms with Crippen molar-refractivity contribution in [2.45, 2.75) is 32.0 Å². The summed E-state index contributed by atoms with van der Waals surface area (Å²) in [7, 11) is 0. The molecule has 1 aromatic heterocycles. The third kappa shape index (κ3) is 2.94. The highest BCUT2D eigenvalue weighted by Crippen LogP contribution is 2.32. The molecule has 0 saturated heterocycles. The van der Waals surface area contributed by atoms with E-state index in [1.54, 1.807) is 0 Å². The van der Waals surface area contributed by atoms with Crippen LogP contribution in [0.1, 0.15) is 34.9 Å². The number of aliphatic hydroxyl groups excluding tert-OH is 1. The first-order chi connectivity index (χ1) is 9.22. The molecule has 0 aliphatic heterocycles. The van der Waals surface area contributed by atoms with E-state index >= 15 is 0 Å². The van der Waals surface area contributed by atoms with Crippen LogP contribution in [-0.2, 0) is 13.0 Å². The zero-order chi connectivity index (χ0) is 13.2. The van der Waals surface area contributed by atoms with Crippen LogP contribution >= 0.6 is 22.9 Å². The predicted octanol–water partition coefficient (Wildman–Crippen LogP) is 4.35. The zero-order valence-corrected chi connectivity index (χ0v) is 12.0. The molecule has 100 valence electrons. The smallest absolute Gasteiger partial charge is 0.122 e. The molecule has 1 atom stereocenters. The Bertz CT molecular complexity index is 579. The van der Waals surface area contributed by atoms with Crippen molar-refractivity contribution >= 4 is 22.9 Å². The van der Waals surface area contributed by atoms with Gasteiger partial charge in [-0.15, -0.1) is 11.3 Å². The van der Waals surface area contributed by atoms with Gasteiger partial charge in [0.25, 0.3) is 0 Å². The topological polar surface area (TPSA) is 29.5 Å². The first kappa shape index (κ1) is 13.0. The van der Waals surface area contributed by atoms with Crippen molar-refractivity contribution in [1.82, 2.24) is 0 Å². The van der Waals surface area contributed by atoms with Crippen molar-refractivity contribution < 1.29 is 9.84 Å². The summed E-state index contributed by atoms with van der Waals surface area (Å²) in [5.74, 6) is 0.859. The van der Waals surface area contributed by atoms with Gasteiger partial charge in [-0.3, -0.25) is 0 Å². The lowest BCUT2D eigenvalue weighted by atomic mass is 9.89. The van der Waals surface area contributed by atoms with Crippen LogP contribution in [0.3, 0.4) is 0 Å². The minimum absolute atomic E-state index is 0.311. The van der Waals surface area contributed by atoms with E-state index in [4.69, 9.17) is 16.3 Å². The van der Waals surface area contributed by atoms with Crippen LogP contribution < -0.4 is 4.74 Å². The molecular weight excluding hydrogens is 280 g/mol. The van der Waals surface area contributed by atoms with Gasteiger partial charge in [0, 0.05) is 4.88 Å². The lowest BCUT2D eigenvalue weighted by Gasteiger charge is -2.21. The van der Waals surface area contributed by atoms with E-state index in [9.17, 15) is 5.11 Å². The number of ether oxygens (including phenoxy) is 1. The van der Waals surface area contributed by atoms with Crippen LogP contribution in [-0.4, -0.2) is 5.11 Å². The number of hydrogen-bond acceptors (Lipinski definition) is 3. The van der Waals surface area contributed by atoms with Crippen LogP contribution in [0, 0.1) is 0 Å². The number of rotatable bonds is 3.